The van der Waals surface area contributed by atoms with Crippen LogP contribution in [0.5, 0.6) is 11.5 Å². The summed E-state index contributed by atoms with van der Waals surface area (Å²) in [5.41, 5.74) is 2.58. The van der Waals surface area contributed by atoms with Gasteiger partial charge in [-0.15, -0.1) is 0 Å². The van der Waals surface area contributed by atoms with Crippen LogP contribution in [0.3, 0.4) is 0 Å². The van der Waals surface area contributed by atoms with E-state index < -0.39 is 0 Å². The van der Waals surface area contributed by atoms with Crippen molar-refractivity contribution in [2.24, 2.45) is 0 Å². The molecular formula is C20H15Cl4NO2. The summed E-state index contributed by atoms with van der Waals surface area (Å²) < 4.78 is 5.83. The molecule has 3 rings (SSSR count). The van der Waals surface area contributed by atoms with E-state index in [2.05, 4.69) is 5.32 Å². The Morgan fingerprint density at radius 3 is 2.30 bits per heavy atom. The Morgan fingerprint density at radius 2 is 1.59 bits per heavy atom. The van der Waals surface area contributed by atoms with E-state index in [-0.39, 0.29) is 15.8 Å². The van der Waals surface area contributed by atoms with E-state index in [1.54, 1.807) is 24.3 Å². The first-order chi connectivity index (χ1) is 12.9. The monoisotopic (exact) mass is 441 g/mol. The van der Waals surface area contributed by atoms with Gasteiger partial charge in [-0.05, 0) is 42.0 Å². The van der Waals surface area contributed by atoms with Crippen LogP contribution < -0.4 is 10.1 Å². The molecule has 0 aromatic heterocycles. The standard InChI is InChI=1S/C20H15Cl4NO2/c21-14-5-4-13(17(22)7-14)11-27-16-3-1-2-12(6-16)10-25-15-8-18(23)20(26)19(24)9-15/h1-9,25-26H,10-11H2. The Balaban J connectivity index is 1.63. The van der Waals surface area contributed by atoms with Gasteiger partial charge in [0.25, 0.3) is 0 Å². The first-order valence-electron chi connectivity index (χ1n) is 8.00. The molecule has 0 fully saturated rings. The van der Waals surface area contributed by atoms with E-state index in [4.69, 9.17) is 51.1 Å². The molecule has 0 atom stereocenters. The summed E-state index contributed by atoms with van der Waals surface area (Å²) in [6, 6.07) is 16.2. The molecule has 3 aromatic carbocycles. The summed E-state index contributed by atoms with van der Waals surface area (Å²) in [7, 11) is 0. The summed E-state index contributed by atoms with van der Waals surface area (Å²) in [5.74, 6) is 0.599. The average molecular weight is 443 g/mol. The fraction of sp³-hybridized carbons (Fsp3) is 0.100. The van der Waals surface area contributed by atoms with Gasteiger partial charge in [0.2, 0.25) is 0 Å². The van der Waals surface area contributed by atoms with Crippen molar-refractivity contribution in [1.29, 1.82) is 0 Å². The molecule has 0 saturated heterocycles. The molecule has 0 unspecified atom stereocenters. The molecule has 7 heteroatoms. The van der Waals surface area contributed by atoms with Gasteiger partial charge in [-0.1, -0.05) is 64.6 Å². The third kappa shape index (κ3) is 5.36. The lowest BCUT2D eigenvalue weighted by Crippen LogP contribution is -2.01. The van der Waals surface area contributed by atoms with E-state index in [1.165, 1.54) is 0 Å². The second-order valence-corrected chi connectivity index (χ2v) is 7.47. The van der Waals surface area contributed by atoms with Gasteiger partial charge in [0.15, 0.2) is 5.75 Å². The van der Waals surface area contributed by atoms with Crippen LogP contribution in [0.1, 0.15) is 11.1 Å². The number of phenolic OH excluding ortho intramolecular Hbond substituents is 1. The molecule has 0 aliphatic carbocycles. The molecule has 140 valence electrons. The van der Waals surface area contributed by atoms with Crippen molar-refractivity contribution in [3.05, 3.63) is 85.8 Å². The lowest BCUT2D eigenvalue weighted by Gasteiger charge is -2.11. The van der Waals surface area contributed by atoms with E-state index >= 15 is 0 Å². The third-order valence-electron chi connectivity index (χ3n) is 3.82. The van der Waals surface area contributed by atoms with Gasteiger partial charge in [0, 0.05) is 27.8 Å². The Morgan fingerprint density at radius 1 is 0.852 bits per heavy atom. The summed E-state index contributed by atoms with van der Waals surface area (Å²) in [6.07, 6.45) is 0. The van der Waals surface area contributed by atoms with Gasteiger partial charge >= 0.3 is 0 Å². The van der Waals surface area contributed by atoms with Gasteiger partial charge in [-0.3, -0.25) is 0 Å². The zero-order valence-corrected chi connectivity index (χ0v) is 17.0. The molecule has 0 heterocycles. The van der Waals surface area contributed by atoms with Gasteiger partial charge < -0.3 is 15.2 Å². The molecule has 0 amide bonds. The summed E-state index contributed by atoms with van der Waals surface area (Å²) >= 11 is 23.9. The molecule has 0 saturated carbocycles. The minimum Gasteiger partial charge on any atom is -0.505 e. The predicted molar refractivity (Wildman–Crippen MR) is 113 cm³/mol. The summed E-state index contributed by atoms with van der Waals surface area (Å²) in [4.78, 5) is 0. The van der Waals surface area contributed by atoms with Crippen molar-refractivity contribution in [2.45, 2.75) is 13.2 Å². The van der Waals surface area contributed by atoms with Crippen LogP contribution in [-0.2, 0) is 13.2 Å². The molecule has 3 aromatic rings. The Kier molecular flexibility index (Phi) is 6.61. The van der Waals surface area contributed by atoms with Crippen LogP contribution in [0.2, 0.25) is 20.1 Å². The number of anilines is 1. The van der Waals surface area contributed by atoms with Crippen LogP contribution >= 0.6 is 46.4 Å². The van der Waals surface area contributed by atoms with E-state index in [0.29, 0.717) is 28.9 Å². The minimum atomic E-state index is -0.125. The second kappa shape index (κ2) is 8.94. The maximum Gasteiger partial charge on any atom is 0.152 e. The number of aromatic hydroxyl groups is 1. The highest BCUT2D eigenvalue weighted by molar-refractivity contribution is 6.37. The molecule has 0 aliphatic rings. The number of phenols is 1. The number of ether oxygens (including phenoxy) is 1. The highest BCUT2D eigenvalue weighted by Gasteiger charge is 2.07. The van der Waals surface area contributed by atoms with E-state index in [9.17, 15) is 5.11 Å². The zero-order chi connectivity index (χ0) is 19.4. The topological polar surface area (TPSA) is 41.5 Å². The number of hydrogen-bond donors (Lipinski definition) is 2. The fourth-order valence-electron chi connectivity index (χ4n) is 2.42. The first kappa shape index (κ1) is 20.0. The van der Waals surface area contributed by atoms with E-state index in [0.717, 1.165) is 16.9 Å². The van der Waals surface area contributed by atoms with Crippen LogP contribution in [0.15, 0.2) is 54.6 Å². The largest absolute Gasteiger partial charge is 0.505 e. The summed E-state index contributed by atoms with van der Waals surface area (Å²) in [5, 5.41) is 14.4. The number of nitrogens with one attached hydrogen (secondary N) is 1. The average Bonchev–Trinajstić information content (AvgIpc) is 2.64. The minimum absolute atomic E-state index is 0.125. The first-order valence-corrected chi connectivity index (χ1v) is 9.51. The predicted octanol–water partition coefficient (Wildman–Crippen LogP) is 7.20. The zero-order valence-electron chi connectivity index (χ0n) is 14.0. The van der Waals surface area contributed by atoms with Gasteiger partial charge in [-0.2, -0.15) is 0 Å². The van der Waals surface area contributed by atoms with Gasteiger partial charge in [-0.25, -0.2) is 0 Å². The highest BCUT2D eigenvalue weighted by Crippen LogP contribution is 2.34. The lowest BCUT2D eigenvalue weighted by molar-refractivity contribution is 0.306. The Labute approximate surface area is 177 Å². The molecule has 0 spiro atoms. The SMILES string of the molecule is Oc1c(Cl)cc(NCc2cccc(OCc3ccc(Cl)cc3Cl)c2)cc1Cl. The van der Waals surface area contributed by atoms with Gasteiger partial charge in [0.1, 0.15) is 12.4 Å². The molecular weight excluding hydrogens is 428 g/mol. The number of hydrogen-bond acceptors (Lipinski definition) is 3. The molecule has 2 N–H and O–H groups in total. The van der Waals surface area contributed by atoms with Crippen molar-refractivity contribution >= 4 is 52.1 Å². The number of halogens is 4. The lowest BCUT2D eigenvalue weighted by atomic mass is 10.2. The van der Waals surface area contributed by atoms with Crippen molar-refractivity contribution in [1.82, 2.24) is 0 Å². The summed E-state index contributed by atoms with van der Waals surface area (Å²) in [6.45, 7) is 0.881. The van der Waals surface area contributed by atoms with Gasteiger partial charge in [0.05, 0.1) is 10.0 Å². The third-order valence-corrected chi connectivity index (χ3v) is 4.98. The van der Waals surface area contributed by atoms with Crippen LogP contribution in [0.4, 0.5) is 5.69 Å². The Bertz CT molecular complexity index is 939. The quantitative estimate of drug-likeness (QED) is 0.396. The normalized spacial score (nSPS) is 10.7. The number of rotatable bonds is 6. The van der Waals surface area contributed by atoms with Crippen molar-refractivity contribution < 1.29 is 9.84 Å². The molecule has 0 bridgehead atoms. The smallest absolute Gasteiger partial charge is 0.152 e. The molecule has 27 heavy (non-hydrogen) atoms. The second-order valence-electron chi connectivity index (χ2n) is 5.81. The highest BCUT2D eigenvalue weighted by atomic mass is 35.5. The molecule has 3 nitrogen and oxygen atoms in total. The van der Waals surface area contributed by atoms with Crippen LogP contribution in [0.25, 0.3) is 0 Å². The molecule has 0 aliphatic heterocycles. The van der Waals surface area contributed by atoms with Crippen LogP contribution in [0, 0.1) is 0 Å². The maximum atomic E-state index is 9.62. The van der Waals surface area contributed by atoms with Crippen molar-refractivity contribution in [3.63, 3.8) is 0 Å². The number of benzene rings is 3. The van der Waals surface area contributed by atoms with Crippen molar-refractivity contribution in [3.8, 4) is 11.5 Å². The van der Waals surface area contributed by atoms with Crippen LogP contribution in [-0.4, -0.2) is 5.11 Å². The maximum absolute atomic E-state index is 9.62. The fourth-order valence-corrected chi connectivity index (χ4v) is 3.37. The molecule has 0 radical (unpaired) electrons. The van der Waals surface area contributed by atoms with Crippen molar-refractivity contribution in [2.75, 3.05) is 5.32 Å². The Hall–Kier alpha value is -1.78. The van der Waals surface area contributed by atoms with E-state index in [1.807, 2.05) is 30.3 Å².